The highest BCUT2D eigenvalue weighted by atomic mass is 19.4. The number of alkyl halides is 3. The fourth-order valence-corrected chi connectivity index (χ4v) is 1.21. The van der Waals surface area contributed by atoms with E-state index >= 15 is 0 Å². The van der Waals surface area contributed by atoms with Gasteiger partial charge in [0.1, 0.15) is 0 Å². The maximum atomic E-state index is 12.1. The molecule has 1 N–H and O–H groups in total. The number of allylic oxidation sites excluding steroid dienone is 1. The lowest BCUT2D eigenvalue weighted by Crippen LogP contribution is -2.30. The van der Waals surface area contributed by atoms with Crippen molar-refractivity contribution in [3.63, 3.8) is 0 Å². The minimum Gasteiger partial charge on any atom is -0.318 e. The van der Waals surface area contributed by atoms with Gasteiger partial charge in [-0.05, 0) is 24.6 Å². The van der Waals surface area contributed by atoms with E-state index in [-0.39, 0.29) is 16.8 Å². The maximum absolute atomic E-state index is 12.1. The predicted octanol–water partition coefficient (Wildman–Crippen LogP) is 2.95. The van der Waals surface area contributed by atoms with E-state index in [0.717, 1.165) is 0 Å². The molecule has 0 aromatic heterocycles. The lowest BCUT2D eigenvalue weighted by Gasteiger charge is -2.11. The van der Waals surface area contributed by atoms with E-state index < -0.39 is 17.9 Å². The summed E-state index contributed by atoms with van der Waals surface area (Å²) in [5, 5.41) is 1.66. The van der Waals surface area contributed by atoms with Crippen molar-refractivity contribution in [3.05, 3.63) is 42.0 Å². The number of para-hydroxylation sites is 1. The molecule has 0 radical (unpaired) electrons. The standard InChI is InChI=1S/C12H10F3NO2/c1-7(2)10(17)8-5-3-4-6-9(8)16-11(18)12(13,14)15/h3-6H,1H2,2H3,(H,16,18). The summed E-state index contributed by atoms with van der Waals surface area (Å²) in [6.45, 7) is 4.85. The number of rotatable bonds is 3. The molecule has 6 heteroatoms. The Hall–Kier alpha value is -2.11. The SMILES string of the molecule is C=C(C)C(=O)c1ccccc1NC(=O)C(F)(F)F. The molecule has 0 saturated heterocycles. The molecule has 0 spiro atoms. The molecule has 0 bridgehead atoms. The van der Waals surface area contributed by atoms with Gasteiger partial charge >= 0.3 is 12.1 Å². The van der Waals surface area contributed by atoms with Gasteiger partial charge in [0.2, 0.25) is 0 Å². The fourth-order valence-electron chi connectivity index (χ4n) is 1.21. The molecule has 0 saturated carbocycles. The highest BCUT2D eigenvalue weighted by Gasteiger charge is 2.39. The number of nitrogens with one attached hydrogen (secondary N) is 1. The van der Waals surface area contributed by atoms with Crippen molar-refractivity contribution < 1.29 is 22.8 Å². The van der Waals surface area contributed by atoms with Crippen molar-refractivity contribution in [1.29, 1.82) is 0 Å². The molecule has 0 unspecified atom stereocenters. The zero-order valence-corrected chi connectivity index (χ0v) is 9.47. The van der Waals surface area contributed by atoms with Gasteiger partial charge in [-0.2, -0.15) is 13.2 Å². The molecule has 1 aromatic rings. The number of halogens is 3. The van der Waals surface area contributed by atoms with Crippen molar-refractivity contribution in [1.82, 2.24) is 0 Å². The molecule has 18 heavy (non-hydrogen) atoms. The van der Waals surface area contributed by atoms with Gasteiger partial charge in [0.25, 0.3) is 0 Å². The fraction of sp³-hybridized carbons (Fsp3) is 0.167. The lowest BCUT2D eigenvalue weighted by atomic mass is 10.0. The van der Waals surface area contributed by atoms with Crippen LogP contribution < -0.4 is 5.32 Å². The number of benzene rings is 1. The van der Waals surface area contributed by atoms with Crippen molar-refractivity contribution in [3.8, 4) is 0 Å². The molecule has 0 aliphatic heterocycles. The average Bonchev–Trinajstić information content (AvgIpc) is 2.27. The van der Waals surface area contributed by atoms with Crippen LogP contribution >= 0.6 is 0 Å². The first-order valence-electron chi connectivity index (χ1n) is 4.91. The molecule has 1 amide bonds. The molecule has 0 heterocycles. The smallest absolute Gasteiger partial charge is 0.318 e. The third kappa shape index (κ3) is 3.19. The quantitative estimate of drug-likeness (QED) is 0.668. The van der Waals surface area contributed by atoms with Crippen molar-refractivity contribution >= 4 is 17.4 Å². The van der Waals surface area contributed by atoms with Crippen LogP contribution in [-0.4, -0.2) is 17.9 Å². The molecule has 0 aliphatic carbocycles. The van der Waals surface area contributed by atoms with Crippen molar-refractivity contribution in [2.75, 3.05) is 5.32 Å². The minimum atomic E-state index is -5.00. The first-order chi connectivity index (χ1) is 8.23. The van der Waals surface area contributed by atoms with Gasteiger partial charge in [-0.3, -0.25) is 9.59 Å². The van der Waals surface area contributed by atoms with Crippen LogP contribution in [-0.2, 0) is 4.79 Å². The Labute approximate surface area is 101 Å². The number of anilines is 1. The van der Waals surface area contributed by atoms with Gasteiger partial charge in [0.05, 0.1) is 5.69 Å². The monoisotopic (exact) mass is 257 g/mol. The maximum Gasteiger partial charge on any atom is 0.471 e. The molecular weight excluding hydrogens is 247 g/mol. The highest BCUT2D eigenvalue weighted by molar-refractivity contribution is 6.13. The van der Waals surface area contributed by atoms with Gasteiger partial charge in [-0.15, -0.1) is 0 Å². The second kappa shape index (κ2) is 5.03. The van der Waals surface area contributed by atoms with Gasteiger partial charge in [-0.25, -0.2) is 0 Å². The summed E-state index contributed by atoms with van der Waals surface area (Å²) in [7, 11) is 0. The third-order valence-electron chi connectivity index (χ3n) is 2.06. The Balaban J connectivity index is 3.08. The van der Waals surface area contributed by atoms with Gasteiger partial charge < -0.3 is 5.32 Å². The van der Waals surface area contributed by atoms with E-state index in [2.05, 4.69) is 6.58 Å². The van der Waals surface area contributed by atoms with E-state index in [9.17, 15) is 22.8 Å². The van der Waals surface area contributed by atoms with Gasteiger partial charge in [0.15, 0.2) is 5.78 Å². The topological polar surface area (TPSA) is 46.2 Å². The number of amides is 1. The molecule has 3 nitrogen and oxygen atoms in total. The Morgan fingerprint density at radius 2 is 1.78 bits per heavy atom. The van der Waals surface area contributed by atoms with Gasteiger partial charge in [0, 0.05) is 5.56 Å². The van der Waals surface area contributed by atoms with Crippen LogP contribution in [0.25, 0.3) is 0 Å². The molecule has 96 valence electrons. The first-order valence-corrected chi connectivity index (χ1v) is 4.91. The summed E-state index contributed by atoms with van der Waals surface area (Å²) in [5.74, 6) is -2.64. The number of carbonyl (C=O) groups excluding carboxylic acids is 2. The number of ketones is 1. The summed E-state index contributed by atoms with van der Waals surface area (Å²) in [5.41, 5.74) is -0.0425. The van der Waals surface area contributed by atoms with E-state index in [0.29, 0.717) is 0 Å². The number of hydrogen-bond donors (Lipinski definition) is 1. The highest BCUT2D eigenvalue weighted by Crippen LogP contribution is 2.22. The molecule has 0 atom stereocenters. The molecule has 0 fully saturated rings. The summed E-state index contributed by atoms with van der Waals surface area (Å²) in [4.78, 5) is 22.5. The van der Waals surface area contributed by atoms with Crippen LogP contribution in [0.2, 0.25) is 0 Å². The van der Waals surface area contributed by atoms with E-state index in [1.165, 1.54) is 31.2 Å². The van der Waals surface area contributed by atoms with E-state index in [1.54, 1.807) is 5.32 Å². The van der Waals surface area contributed by atoms with Crippen LogP contribution in [0.4, 0.5) is 18.9 Å². The Morgan fingerprint density at radius 1 is 1.22 bits per heavy atom. The first kappa shape index (κ1) is 14.0. The summed E-state index contributed by atoms with van der Waals surface area (Å²) < 4.78 is 36.3. The Bertz CT molecular complexity index is 506. The van der Waals surface area contributed by atoms with Crippen LogP contribution in [0, 0.1) is 0 Å². The molecule has 0 aliphatic rings. The van der Waals surface area contributed by atoms with E-state index in [4.69, 9.17) is 0 Å². The third-order valence-corrected chi connectivity index (χ3v) is 2.06. The van der Waals surface area contributed by atoms with Crippen LogP contribution in [0.5, 0.6) is 0 Å². The zero-order valence-electron chi connectivity index (χ0n) is 9.47. The predicted molar refractivity (Wildman–Crippen MR) is 60.3 cm³/mol. The largest absolute Gasteiger partial charge is 0.471 e. The second-order valence-corrected chi connectivity index (χ2v) is 3.61. The van der Waals surface area contributed by atoms with Crippen molar-refractivity contribution in [2.45, 2.75) is 13.1 Å². The second-order valence-electron chi connectivity index (χ2n) is 3.61. The van der Waals surface area contributed by atoms with Gasteiger partial charge in [-0.1, -0.05) is 18.7 Å². The van der Waals surface area contributed by atoms with Crippen LogP contribution in [0.15, 0.2) is 36.4 Å². The number of hydrogen-bond acceptors (Lipinski definition) is 2. The van der Waals surface area contributed by atoms with Crippen LogP contribution in [0.3, 0.4) is 0 Å². The Kier molecular flexibility index (Phi) is 3.90. The summed E-state index contributed by atoms with van der Waals surface area (Å²) in [6.07, 6.45) is -5.00. The normalized spacial score (nSPS) is 10.9. The average molecular weight is 257 g/mol. The Morgan fingerprint density at radius 3 is 2.28 bits per heavy atom. The number of carbonyl (C=O) groups is 2. The van der Waals surface area contributed by atoms with Crippen LogP contribution in [0.1, 0.15) is 17.3 Å². The lowest BCUT2D eigenvalue weighted by molar-refractivity contribution is -0.167. The summed E-state index contributed by atoms with van der Waals surface area (Å²) in [6, 6.07) is 5.45. The summed E-state index contributed by atoms with van der Waals surface area (Å²) >= 11 is 0. The molecular formula is C12H10F3NO2. The minimum absolute atomic E-state index is 0.0254. The van der Waals surface area contributed by atoms with E-state index in [1.807, 2.05) is 0 Å². The number of Topliss-reactive ketones (excluding diaryl/α,β-unsaturated/α-hetero) is 1. The molecule has 1 rings (SSSR count). The van der Waals surface area contributed by atoms with Crippen molar-refractivity contribution in [2.24, 2.45) is 0 Å². The zero-order chi connectivity index (χ0) is 13.9. The molecule has 1 aromatic carbocycles.